The van der Waals surface area contributed by atoms with Gasteiger partial charge < -0.3 is 10.4 Å². The molecular weight excluding hydrogens is 380 g/mol. The Hall–Kier alpha value is -4.26. The molecule has 1 fully saturated rings. The van der Waals surface area contributed by atoms with Crippen LogP contribution in [-0.2, 0) is 9.59 Å². The van der Waals surface area contributed by atoms with Crippen molar-refractivity contribution < 1.29 is 14.7 Å². The highest BCUT2D eigenvalue weighted by molar-refractivity contribution is 6.41. The van der Waals surface area contributed by atoms with Crippen LogP contribution in [0.4, 0.5) is 0 Å². The summed E-state index contributed by atoms with van der Waals surface area (Å²) in [6.45, 7) is -0.419. The average Bonchev–Trinajstić information content (AvgIpc) is 3.03. The SMILES string of the molecule is O=C(O)CN1C(=CC=Cc2ccccc2)NC(=O)C1=NN=CC=Cc1ccccc1. The quantitative estimate of drug-likeness (QED) is 0.551. The molecule has 30 heavy (non-hydrogen) atoms. The summed E-state index contributed by atoms with van der Waals surface area (Å²) in [4.78, 5) is 24.8. The maximum atomic E-state index is 12.3. The third-order valence-electron chi connectivity index (χ3n) is 4.02. The Morgan fingerprint density at radius 3 is 2.17 bits per heavy atom. The number of hydrogen-bond donors (Lipinski definition) is 2. The zero-order valence-electron chi connectivity index (χ0n) is 16.1. The number of carbonyl (C=O) groups excluding carboxylic acids is 1. The monoisotopic (exact) mass is 400 g/mol. The average molecular weight is 400 g/mol. The van der Waals surface area contributed by atoms with Gasteiger partial charge in [0, 0.05) is 6.21 Å². The van der Waals surface area contributed by atoms with Crippen molar-refractivity contribution in [2.24, 2.45) is 10.2 Å². The fourth-order valence-corrected chi connectivity index (χ4v) is 2.66. The number of allylic oxidation sites excluding steroid dienone is 3. The molecule has 7 heteroatoms. The number of carboxylic acid groups (broad SMARTS) is 1. The lowest BCUT2D eigenvalue weighted by atomic mass is 10.2. The number of hydrogen-bond acceptors (Lipinski definition) is 4. The van der Waals surface area contributed by atoms with Crippen LogP contribution in [0, 0.1) is 0 Å². The van der Waals surface area contributed by atoms with E-state index >= 15 is 0 Å². The van der Waals surface area contributed by atoms with E-state index in [2.05, 4.69) is 15.5 Å². The first-order chi connectivity index (χ1) is 14.6. The van der Waals surface area contributed by atoms with Crippen molar-refractivity contribution in [3.8, 4) is 0 Å². The van der Waals surface area contributed by atoms with E-state index in [4.69, 9.17) is 0 Å². The Bertz CT molecular complexity index is 1040. The molecule has 7 nitrogen and oxygen atoms in total. The Morgan fingerprint density at radius 1 is 0.967 bits per heavy atom. The fourth-order valence-electron chi connectivity index (χ4n) is 2.66. The molecule has 0 saturated carbocycles. The standard InChI is InChI=1S/C23H20N4O3/c28-21(29)17-27-20(15-7-13-18-9-3-1-4-10-18)25-23(30)22(27)26-24-16-8-14-19-11-5-2-6-12-19/h1-16H,17H2,(H,25,30)(H,28,29). The van der Waals surface area contributed by atoms with Gasteiger partial charge >= 0.3 is 5.97 Å². The van der Waals surface area contributed by atoms with E-state index in [0.29, 0.717) is 5.82 Å². The summed E-state index contributed by atoms with van der Waals surface area (Å²) in [5.41, 5.74) is 1.98. The van der Waals surface area contributed by atoms with Gasteiger partial charge in [-0.25, -0.2) is 0 Å². The van der Waals surface area contributed by atoms with E-state index < -0.39 is 18.4 Å². The van der Waals surface area contributed by atoms with Crippen molar-refractivity contribution in [3.63, 3.8) is 0 Å². The molecule has 1 aliphatic rings. The number of rotatable bonds is 7. The molecule has 1 aliphatic heterocycles. The van der Waals surface area contributed by atoms with Crippen LogP contribution < -0.4 is 5.32 Å². The van der Waals surface area contributed by atoms with E-state index in [1.807, 2.05) is 72.8 Å². The van der Waals surface area contributed by atoms with Gasteiger partial charge in [-0.15, -0.1) is 5.10 Å². The summed E-state index contributed by atoms with van der Waals surface area (Å²) in [5, 5.41) is 19.6. The molecule has 1 heterocycles. The number of amidine groups is 1. The van der Waals surface area contributed by atoms with Crippen LogP contribution in [0.2, 0.25) is 0 Å². The normalized spacial score (nSPS) is 17.1. The first-order valence-corrected chi connectivity index (χ1v) is 9.20. The van der Waals surface area contributed by atoms with E-state index in [-0.39, 0.29) is 5.84 Å². The van der Waals surface area contributed by atoms with Gasteiger partial charge in [0.05, 0.1) is 0 Å². The second kappa shape index (κ2) is 10.3. The van der Waals surface area contributed by atoms with Crippen molar-refractivity contribution in [1.82, 2.24) is 10.2 Å². The van der Waals surface area contributed by atoms with Gasteiger partial charge in [0.15, 0.2) is 0 Å². The molecule has 0 aromatic heterocycles. The van der Waals surface area contributed by atoms with Gasteiger partial charge in [-0.05, 0) is 23.3 Å². The van der Waals surface area contributed by atoms with Crippen molar-refractivity contribution in [3.05, 3.63) is 95.8 Å². The molecule has 2 aromatic carbocycles. The van der Waals surface area contributed by atoms with Gasteiger partial charge in [0.25, 0.3) is 5.91 Å². The Kier molecular flexibility index (Phi) is 7.05. The Balaban J connectivity index is 1.74. The summed E-state index contributed by atoms with van der Waals surface area (Å²) >= 11 is 0. The lowest BCUT2D eigenvalue weighted by Gasteiger charge is -2.14. The predicted octanol–water partition coefficient (Wildman–Crippen LogP) is 3.16. The summed E-state index contributed by atoms with van der Waals surface area (Å²) in [6, 6.07) is 19.3. The minimum Gasteiger partial charge on any atom is -0.480 e. The van der Waals surface area contributed by atoms with Crippen LogP contribution in [0.5, 0.6) is 0 Å². The molecule has 2 aromatic rings. The van der Waals surface area contributed by atoms with Gasteiger partial charge in [-0.1, -0.05) is 78.9 Å². The van der Waals surface area contributed by atoms with Crippen LogP contribution in [0.25, 0.3) is 12.2 Å². The molecule has 1 amide bonds. The molecule has 3 rings (SSSR count). The molecule has 0 atom stereocenters. The maximum absolute atomic E-state index is 12.3. The largest absolute Gasteiger partial charge is 0.480 e. The molecule has 150 valence electrons. The van der Waals surface area contributed by atoms with Crippen molar-refractivity contribution in [2.45, 2.75) is 0 Å². The molecule has 1 saturated heterocycles. The van der Waals surface area contributed by atoms with Crippen LogP contribution in [0.15, 0.2) is 94.9 Å². The zero-order valence-corrected chi connectivity index (χ0v) is 16.1. The highest BCUT2D eigenvalue weighted by atomic mass is 16.4. The first kappa shape index (κ1) is 20.5. The third kappa shape index (κ3) is 5.87. The number of carbonyl (C=O) groups is 2. The number of carboxylic acids is 1. The van der Waals surface area contributed by atoms with Gasteiger partial charge in [0.1, 0.15) is 12.4 Å². The highest BCUT2D eigenvalue weighted by Gasteiger charge is 2.33. The number of aliphatic carboxylic acids is 1. The number of amides is 1. The minimum absolute atomic E-state index is 0.0823. The van der Waals surface area contributed by atoms with E-state index in [0.717, 1.165) is 11.1 Å². The minimum atomic E-state index is -1.09. The van der Waals surface area contributed by atoms with Crippen LogP contribution >= 0.6 is 0 Å². The van der Waals surface area contributed by atoms with Crippen molar-refractivity contribution in [1.29, 1.82) is 0 Å². The third-order valence-corrected chi connectivity index (χ3v) is 4.02. The Morgan fingerprint density at radius 2 is 1.57 bits per heavy atom. The lowest BCUT2D eigenvalue weighted by Crippen LogP contribution is -2.31. The maximum Gasteiger partial charge on any atom is 0.323 e. The van der Waals surface area contributed by atoms with Gasteiger partial charge in [-0.3, -0.25) is 14.5 Å². The van der Waals surface area contributed by atoms with Gasteiger partial charge in [-0.2, -0.15) is 5.10 Å². The smallest absolute Gasteiger partial charge is 0.323 e. The molecular formula is C23H20N4O3. The molecule has 0 bridgehead atoms. The van der Waals surface area contributed by atoms with E-state index in [9.17, 15) is 14.7 Å². The Labute approximate surface area is 174 Å². The number of nitrogens with one attached hydrogen (secondary N) is 1. The second-order valence-corrected chi connectivity index (χ2v) is 6.21. The van der Waals surface area contributed by atoms with E-state index in [1.165, 1.54) is 11.1 Å². The van der Waals surface area contributed by atoms with Crippen LogP contribution in [0.1, 0.15) is 11.1 Å². The zero-order chi connectivity index (χ0) is 21.2. The first-order valence-electron chi connectivity index (χ1n) is 9.20. The van der Waals surface area contributed by atoms with Crippen molar-refractivity contribution in [2.75, 3.05) is 6.54 Å². The number of benzene rings is 2. The van der Waals surface area contributed by atoms with Crippen LogP contribution in [-0.4, -0.2) is 40.5 Å². The predicted molar refractivity (Wildman–Crippen MR) is 117 cm³/mol. The fraction of sp³-hybridized carbons (Fsp3) is 0.0435. The molecule has 0 aliphatic carbocycles. The summed E-state index contributed by atoms with van der Waals surface area (Å²) in [5.74, 6) is -1.37. The summed E-state index contributed by atoms with van der Waals surface area (Å²) < 4.78 is 0. The molecule has 0 radical (unpaired) electrons. The number of nitrogens with zero attached hydrogens (tertiary/aromatic N) is 3. The molecule has 0 spiro atoms. The second-order valence-electron chi connectivity index (χ2n) is 6.21. The van der Waals surface area contributed by atoms with E-state index in [1.54, 1.807) is 18.2 Å². The highest BCUT2D eigenvalue weighted by Crippen LogP contribution is 2.12. The van der Waals surface area contributed by atoms with Crippen molar-refractivity contribution >= 4 is 36.1 Å². The van der Waals surface area contributed by atoms with Gasteiger partial charge in [0.2, 0.25) is 5.84 Å². The lowest BCUT2D eigenvalue weighted by molar-refractivity contribution is -0.137. The molecule has 2 N–H and O–H groups in total. The summed E-state index contributed by atoms with van der Waals surface area (Å²) in [6.07, 6.45) is 10.2. The molecule has 0 unspecified atom stereocenters. The topological polar surface area (TPSA) is 94.4 Å². The van der Waals surface area contributed by atoms with Crippen LogP contribution in [0.3, 0.4) is 0 Å². The summed E-state index contributed by atoms with van der Waals surface area (Å²) in [7, 11) is 0.